The van der Waals surface area contributed by atoms with Crippen molar-refractivity contribution in [3.63, 3.8) is 0 Å². The molecule has 0 spiro atoms. The molecule has 0 aliphatic heterocycles. The predicted octanol–water partition coefficient (Wildman–Crippen LogP) is 2.52. The predicted molar refractivity (Wildman–Crippen MR) is 62.8 cm³/mol. The summed E-state index contributed by atoms with van der Waals surface area (Å²) in [4.78, 5) is 11.1. The van der Waals surface area contributed by atoms with Gasteiger partial charge in [0.05, 0.1) is 0 Å². The van der Waals surface area contributed by atoms with Crippen LogP contribution in [0.15, 0.2) is 0 Å². The van der Waals surface area contributed by atoms with Crippen molar-refractivity contribution in [1.29, 1.82) is 0 Å². The summed E-state index contributed by atoms with van der Waals surface area (Å²) in [6, 6.07) is -0.0262. The minimum Gasteiger partial charge on any atom is -0.338 e. The molecule has 1 aliphatic rings. The molecule has 2 N–H and O–H groups in total. The van der Waals surface area contributed by atoms with E-state index in [1.54, 1.807) is 0 Å². The molecule has 1 rings (SSSR count). The smallest absolute Gasteiger partial charge is 0.314 e. The fraction of sp³-hybridized carbons (Fsp3) is 0.917. The summed E-state index contributed by atoms with van der Waals surface area (Å²) in [5.41, 5.74) is 0. The van der Waals surface area contributed by atoms with Crippen LogP contribution in [-0.4, -0.2) is 19.1 Å². The second kappa shape index (κ2) is 6.70. The Morgan fingerprint density at radius 2 is 1.87 bits per heavy atom. The molecule has 0 unspecified atom stereocenters. The largest absolute Gasteiger partial charge is 0.338 e. The number of hydrogen-bond donors (Lipinski definition) is 2. The normalized spacial score (nSPS) is 26.0. The summed E-state index contributed by atoms with van der Waals surface area (Å²) in [5.74, 6) is 1.75. The Hall–Kier alpha value is -0.730. The zero-order valence-corrected chi connectivity index (χ0v) is 10.0. The molecular weight excluding hydrogens is 188 g/mol. The monoisotopic (exact) mass is 212 g/mol. The van der Waals surface area contributed by atoms with Crippen molar-refractivity contribution in [2.24, 2.45) is 11.8 Å². The Morgan fingerprint density at radius 3 is 2.47 bits per heavy atom. The lowest BCUT2D eigenvalue weighted by molar-refractivity contribution is 0.237. The van der Waals surface area contributed by atoms with Crippen molar-refractivity contribution in [3.8, 4) is 0 Å². The van der Waals surface area contributed by atoms with Gasteiger partial charge in [0.25, 0.3) is 0 Å². The first kappa shape index (κ1) is 12.3. The molecule has 88 valence electrons. The fourth-order valence-corrected chi connectivity index (χ4v) is 2.23. The lowest BCUT2D eigenvalue weighted by Crippen LogP contribution is -2.36. The van der Waals surface area contributed by atoms with Crippen molar-refractivity contribution < 1.29 is 4.79 Å². The van der Waals surface area contributed by atoms with E-state index < -0.39 is 0 Å². The molecule has 0 aromatic carbocycles. The lowest BCUT2D eigenvalue weighted by Gasteiger charge is -2.26. The van der Waals surface area contributed by atoms with E-state index >= 15 is 0 Å². The van der Waals surface area contributed by atoms with Crippen molar-refractivity contribution in [3.05, 3.63) is 0 Å². The highest BCUT2D eigenvalue weighted by Gasteiger charge is 2.17. The first-order chi connectivity index (χ1) is 7.22. The van der Waals surface area contributed by atoms with E-state index in [2.05, 4.69) is 17.6 Å². The average molecular weight is 212 g/mol. The summed E-state index contributed by atoms with van der Waals surface area (Å²) in [6.07, 6.45) is 6.57. The molecule has 1 saturated carbocycles. The Labute approximate surface area is 93.0 Å². The molecule has 1 fully saturated rings. The molecule has 0 heterocycles. The second-order valence-corrected chi connectivity index (χ2v) is 4.70. The number of hydrogen-bond acceptors (Lipinski definition) is 1. The molecule has 0 aromatic heterocycles. The molecule has 0 atom stereocenters. The van der Waals surface area contributed by atoms with Crippen LogP contribution < -0.4 is 10.6 Å². The third kappa shape index (κ3) is 5.05. The Balaban J connectivity index is 2.02. The summed E-state index contributed by atoms with van der Waals surface area (Å²) in [6.45, 7) is 5.79. The van der Waals surface area contributed by atoms with E-state index in [1.807, 2.05) is 6.92 Å². The zero-order valence-electron chi connectivity index (χ0n) is 10.0. The highest BCUT2D eigenvalue weighted by molar-refractivity contribution is 5.73. The summed E-state index contributed by atoms with van der Waals surface area (Å²) in [5, 5.41) is 5.63. The Kier molecular flexibility index (Phi) is 5.51. The maximum absolute atomic E-state index is 11.1. The van der Waals surface area contributed by atoms with Gasteiger partial charge in [-0.2, -0.15) is 0 Å². The number of carbonyl (C=O) groups is 1. The van der Waals surface area contributed by atoms with Crippen molar-refractivity contribution >= 4 is 6.03 Å². The molecule has 3 heteroatoms. The van der Waals surface area contributed by atoms with Gasteiger partial charge in [-0.1, -0.05) is 32.6 Å². The van der Waals surface area contributed by atoms with Crippen LogP contribution in [0.1, 0.15) is 46.0 Å². The lowest BCUT2D eigenvalue weighted by atomic mass is 9.81. The van der Waals surface area contributed by atoms with Crippen LogP contribution in [0.4, 0.5) is 4.79 Å². The molecule has 3 nitrogen and oxygen atoms in total. The summed E-state index contributed by atoms with van der Waals surface area (Å²) < 4.78 is 0. The highest BCUT2D eigenvalue weighted by Crippen LogP contribution is 2.29. The first-order valence-corrected chi connectivity index (χ1v) is 6.24. The van der Waals surface area contributed by atoms with Gasteiger partial charge in [-0.3, -0.25) is 0 Å². The minimum atomic E-state index is -0.0262. The standard InChI is InChI=1S/C12H24N2O/c1-3-13-12(15)14-9-8-11-6-4-10(2)5-7-11/h10-11H,3-9H2,1-2H3,(H2,13,14,15). The molecule has 15 heavy (non-hydrogen) atoms. The third-order valence-electron chi connectivity index (χ3n) is 3.31. The van der Waals surface area contributed by atoms with Crippen LogP contribution in [0.2, 0.25) is 0 Å². The average Bonchev–Trinajstić information content (AvgIpc) is 2.21. The molecule has 0 saturated heterocycles. The maximum atomic E-state index is 11.1. The third-order valence-corrected chi connectivity index (χ3v) is 3.31. The summed E-state index contributed by atoms with van der Waals surface area (Å²) in [7, 11) is 0. The number of amides is 2. The van der Waals surface area contributed by atoms with E-state index in [9.17, 15) is 4.79 Å². The van der Waals surface area contributed by atoms with E-state index in [4.69, 9.17) is 0 Å². The van der Waals surface area contributed by atoms with E-state index in [0.29, 0.717) is 6.54 Å². The second-order valence-electron chi connectivity index (χ2n) is 4.70. The van der Waals surface area contributed by atoms with Gasteiger partial charge in [0, 0.05) is 13.1 Å². The van der Waals surface area contributed by atoms with Crippen molar-refractivity contribution in [2.75, 3.05) is 13.1 Å². The van der Waals surface area contributed by atoms with Crippen molar-refractivity contribution in [1.82, 2.24) is 10.6 Å². The molecule has 0 radical (unpaired) electrons. The Bertz CT molecular complexity index is 186. The minimum absolute atomic E-state index is 0.0262. The SMILES string of the molecule is CCNC(=O)NCCC1CCC(C)CC1. The number of nitrogens with one attached hydrogen (secondary N) is 2. The molecule has 2 amide bonds. The molecule has 1 aliphatic carbocycles. The van der Waals surface area contributed by atoms with Crippen LogP contribution in [0.5, 0.6) is 0 Å². The van der Waals surface area contributed by atoms with Gasteiger partial charge in [-0.05, 0) is 25.2 Å². The van der Waals surface area contributed by atoms with E-state index in [-0.39, 0.29) is 6.03 Å². The van der Waals surface area contributed by atoms with E-state index in [0.717, 1.165) is 24.8 Å². The van der Waals surface area contributed by atoms with Gasteiger partial charge in [0.15, 0.2) is 0 Å². The number of urea groups is 1. The van der Waals surface area contributed by atoms with Crippen LogP contribution in [0.3, 0.4) is 0 Å². The van der Waals surface area contributed by atoms with Crippen molar-refractivity contribution in [2.45, 2.75) is 46.0 Å². The molecule has 0 bridgehead atoms. The zero-order chi connectivity index (χ0) is 11.1. The van der Waals surface area contributed by atoms with Crippen LogP contribution in [0, 0.1) is 11.8 Å². The van der Waals surface area contributed by atoms with E-state index in [1.165, 1.54) is 25.7 Å². The van der Waals surface area contributed by atoms with Crippen LogP contribution >= 0.6 is 0 Å². The van der Waals surface area contributed by atoms with Crippen LogP contribution in [0.25, 0.3) is 0 Å². The summed E-state index contributed by atoms with van der Waals surface area (Å²) >= 11 is 0. The maximum Gasteiger partial charge on any atom is 0.314 e. The van der Waals surface area contributed by atoms with Gasteiger partial charge in [0.2, 0.25) is 0 Å². The highest BCUT2D eigenvalue weighted by atomic mass is 16.2. The number of carbonyl (C=O) groups excluding carboxylic acids is 1. The first-order valence-electron chi connectivity index (χ1n) is 6.24. The van der Waals surface area contributed by atoms with Gasteiger partial charge in [-0.25, -0.2) is 4.79 Å². The molecule has 0 aromatic rings. The Morgan fingerprint density at radius 1 is 1.20 bits per heavy atom. The van der Waals surface area contributed by atoms with Gasteiger partial charge >= 0.3 is 6.03 Å². The topological polar surface area (TPSA) is 41.1 Å². The van der Waals surface area contributed by atoms with Crippen LogP contribution in [-0.2, 0) is 0 Å². The number of rotatable bonds is 4. The van der Waals surface area contributed by atoms with Gasteiger partial charge in [0.1, 0.15) is 0 Å². The quantitative estimate of drug-likeness (QED) is 0.738. The fourth-order valence-electron chi connectivity index (χ4n) is 2.23. The van der Waals surface area contributed by atoms with Gasteiger partial charge < -0.3 is 10.6 Å². The molecular formula is C12H24N2O. The van der Waals surface area contributed by atoms with Gasteiger partial charge in [-0.15, -0.1) is 0 Å².